The van der Waals surface area contributed by atoms with Crippen LogP contribution in [-0.4, -0.2) is 49.9 Å². The summed E-state index contributed by atoms with van der Waals surface area (Å²) in [5.74, 6) is 1.05. The lowest BCUT2D eigenvalue weighted by Gasteiger charge is -2.38. The number of aryl methyl sites for hydroxylation is 1. The van der Waals surface area contributed by atoms with Crippen molar-refractivity contribution < 1.29 is 24.1 Å². The Morgan fingerprint density at radius 3 is 2.38 bits per heavy atom. The second-order valence-corrected chi connectivity index (χ2v) is 8.00. The zero-order valence-corrected chi connectivity index (χ0v) is 19.2. The predicted octanol–water partition coefficient (Wildman–Crippen LogP) is 4.07. The first-order valence-corrected chi connectivity index (χ1v) is 11.1. The molecule has 0 radical (unpaired) electrons. The Morgan fingerprint density at radius 1 is 1.06 bits per heavy atom. The third-order valence-electron chi connectivity index (χ3n) is 5.94. The van der Waals surface area contributed by atoms with Gasteiger partial charge in [-0.1, -0.05) is 36.4 Å². The van der Waals surface area contributed by atoms with E-state index in [0.717, 1.165) is 11.1 Å². The molecule has 0 bridgehead atoms. The van der Waals surface area contributed by atoms with E-state index in [1.54, 1.807) is 14.2 Å². The van der Waals surface area contributed by atoms with E-state index in [-0.39, 0.29) is 5.97 Å². The van der Waals surface area contributed by atoms with Crippen LogP contribution in [-0.2, 0) is 21.6 Å². The van der Waals surface area contributed by atoms with Gasteiger partial charge in [0.25, 0.3) is 0 Å². The Kier molecular flexibility index (Phi) is 8.17. The third kappa shape index (κ3) is 5.82. The normalized spacial score (nSPS) is 15.9. The standard InChI is InChI=1S/C26H33NO5/c1-4-32-25(28)21(12-10-20-11-13-23(30-2)24(18-20)31-3)19-27-16-14-26(29,15-17-27)22-8-6-5-7-9-22/h5-9,11,13,18-19,29H,4,10,12,14-17H2,1-3H3. The van der Waals surface area contributed by atoms with Crippen LogP contribution in [0.5, 0.6) is 11.5 Å². The molecule has 0 unspecified atom stereocenters. The molecule has 1 heterocycles. The summed E-state index contributed by atoms with van der Waals surface area (Å²) in [5.41, 5.74) is 1.81. The number of aliphatic hydroxyl groups is 1. The van der Waals surface area contributed by atoms with Gasteiger partial charge in [-0.25, -0.2) is 4.79 Å². The second-order valence-electron chi connectivity index (χ2n) is 8.00. The predicted molar refractivity (Wildman–Crippen MR) is 124 cm³/mol. The maximum atomic E-state index is 12.6. The average molecular weight is 440 g/mol. The highest BCUT2D eigenvalue weighted by molar-refractivity contribution is 5.88. The fraction of sp³-hybridized carbons (Fsp3) is 0.423. The smallest absolute Gasteiger partial charge is 0.335 e. The molecule has 0 aliphatic carbocycles. The summed E-state index contributed by atoms with van der Waals surface area (Å²) in [4.78, 5) is 14.7. The quantitative estimate of drug-likeness (QED) is 0.469. The molecule has 1 N–H and O–H groups in total. The minimum absolute atomic E-state index is 0.295. The number of hydrogen-bond acceptors (Lipinski definition) is 6. The number of hydrogen-bond donors (Lipinski definition) is 1. The van der Waals surface area contributed by atoms with Crippen molar-refractivity contribution in [2.45, 2.75) is 38.2 Å². The van der Waals surface area contributed by atoms with Crippen molar-refractivity contribution in [3.63, 3.8) is 0 Å². The van der Waals surface area contributed by atoms with Gasteiger partial charge in [0.1, 0.15) is 0 Å². The first-order chi connectivity index (χ1) is 15.5. The summed E-state index contributed by atoms with van der Waals surface area (Å²) in [6.07, 6.45) is 4.35. The summed E-state index contributed by atoms with van der Waals surface area (Å²) in [6, 6.07) is 15.6. The largest absolute Gasteiger partial charge is 0.493 e. The Labute approximate surface area is 190 Å². The minimum atomic E-state index is -0.824. The van der Waals surface area contributed by atoms with Crippen molar-refractivity contribution in [2.75, 3.05) is 33.9 Å². The van der Waals surface area contributed by atoms with Gasteiger partial charge in [0.05, 0.1) is 32.0 Å². The maximum absolute atomic E-state index is 12.6. The SMILES string of the molecule is CCOC(=O)C(=CN1CCC(O)(c2ccccc2)CC1)CCc1ccc(OC)c(OC)c1. The van der Waals surface area contributed by atoms with Crippen LogP contribution in [0.1, 0.15) is 37.3 Å². The van der Waals surface area contributed by atoms with Crippen LogP contribution >= 0.6 is 0 Å². The maximum Gasteiger partial charge on any atom is 0.335 e. The summed E-state index contributed by atoms with van der Waals surface area (Å²) < 4.78 is 16.0. The molecule has 3 rings (SSSR count). The number of carbonyl (C=O) groups is 1. The van der Waals surface area contributed by atoms with Crippen LogP contribution in [0.2, 0.25) is 0 Å². The summed E-state index contributed by atoms with van der Waals surface area (Å²) in [5, 5.41) is 11.1. The lowest BCUT2D eigenvalue weighted by atomic mass is 9.84. The summed E-state index contributed by atoms with van der Waals surface area (Å²) in [6.45, 7) is 3.49. The second kappa shape index (κ2) is 11.0. The zero-order chi connectivity index (χ0) is 23.0. The molecular formula is C26H33NO5. The number of methoxy groups -OCH3 is 2. The Morgan fingerprint density at radius 2 is 1.75 bits per heavy atom. The van der Waals surface area contributed by atoms with E-state index in [9.17, 15) is 9.90 Å². The number of benzene rings is 2. The molecule has 6 heteroatoms. The number of rotatable bonds is 9. The van der Waals surface area contributed by atoms with Crippen LogP contribution in [0.3, 0.4) is 0 Å². The fourth-order valence-electron chi connectivity index (χ4n) is 4.04. The topological polar surface area (TPSA) is 68.2 Å². The van der Waals surface area contributed by atoms with Crippen molar-refractivity contribution >= 4 is 5.97 Å². The molecular weight excluding hydrogens is 406 g/mol. The molecule has 1 saturated heterocycles. The molecule has 1 fully saturated rings. The van der Waals surface area contributed by atoms with Gasteiger partial charge in [-0.15, -0.1) is 0 Å². The van der Waals surface area contributed by atoms with E-state index in [1.807, 2.05) is 61.7 Å². The van der Waals surface area contributed by atoms with E-state index in [2.05, 4.69) is 4.90 Å². The highest BCUT2D eigenvalue weighted by Crippen LogP contribution is 2.33. The van der Waals surface area contributed by atoms with E-state index in [4.69, 9.17) is 14.2 Å². The highest BCUT2D eigenvalue weighted by Gasteiger charge is 2.33. The Balaban J connectivity index is 1.69. The van der Waals surface area contributed by atoms with Crippen molar-refractivity contribution in [1.82, 2.24) is 4.90 Å². The van der Waals surface area contributed by atoms with E-state index in [1.165, 1.54) is 0 Å². The van der Waals surface area contributed by atoms with Gasteiger partial charge in [-0.05, 0) is 55.9 Å². The molecule has 0 amide bonds. The van der Waals surface area contributed by atoms with Crippen LogP contribution in [0.25, 0.3) is 0 Å². The fourth-order valence-corrected chi connectivity index (χ4v) is 4.04. The first-order valence-electron chi connectivity index (χ1n) is 11.1. The van der Waals surface area contributed by atoms with Gasteiger partial charge in [0, 0.05) is 19.3 Å². The molecule has 0 aromatic heterocycles. The average Bonchev–Trinajstić information content (AvgIpc) is 2.83. The van der Waals surface area contributed by atoms with Crippen LogP contribution in [0, 0.1) is 0 Å². The van der Waals surface area contributed by atoms with Crippen molar-refractivity contribution in [1.29, 1.82) is 0 Å². The molecule has 1 aliphatic heterocycles. The number of nitrogens with zero attached hydrogens (tertiary/aromatic N) is 1. The molecule has 2 aromatic rings. The van der Waals surface area contributed by atoms with Crippen LogP contribution in [0.4, 0.5) is 0 Å². The van der Waals surface area contributed by atoms with E-state index < -0.39 is 5.60 Å². The number of likely N-dealkylation sites (tertiary alicyclic amines) is 1. The van der Waals surface area contributed by atoms with Gasteiger partial charge in [0.15, 0.2) is 11.5 Å². The minimum Gasteiger partial charge on any atom is -0.493 e. The molecule has 0 saturated carbocycles. The number of carbonyl (C=O) groups excluding carboxylic acids is 1. The van der Waals surface area contributed by atoms with Gasteiger partial charge in [-0.3, -0.25) is 0 Å². The number of piperidine rings is 1. The highest BCUT2D eigenvalue weighted by atomic mass is 16.5. The van der Waals surface area contributed by atoms with Gasteiger partial charge in [-0.2, -0.15) is 0 Å². The van der Waals surface area contributed by atoms with Gasteiger partial charge < -0.3 is 24.2 Å². The molecule has 172 valence electrons. The summed E-state index contributed by atoms with van der Waals surface area (Å²) in [7, 11) is 3.22. The Hall–Kier alpha value is -2.99. The van der Waals surface area contributed by atoms with Crippen LogP contribution in [0.15, 0.2) is 60.3 Å². The van der Waals surface area contributed by atoms with Crippen molar-refractivity contribution in [2.24, 2.45) is 0 Å². The molecule has 6 nitrogen and oxygen atoms in total. The molecule has 1 aliphatic rings. The van der Waals surface area contributed by atoms with E-state index in [0.29, 0.717) is 62.5 Å². The number of esters is 1. The molecule has 32 heavy (non-hydrogen) atoms. The van der Waals surface area contributed by atoms with Crippen LogP contribution < -0.4 is 9.47 Å². The van der Waals surface area contributed by atoms with Crippen molar-refractivity contribution in [3.05, 3.63) is 71.4 Å². The lowest BCUT2D eigenvalue weighted by Crippen LogP contribution is -2.40. The lowest BCUT2D eigenvalue weighted by molar-refractivity contribution is -0.138. The molecule has 0 atom stereocenters. The molecule has 2 aromatic carbocycles. The zero-order valence-electron chi connectivity index (χ0n) is 19.2. The first kappa shape index (κ1) is 23.7. The molecule has 0 spiro atoms. The Bertz CT molecular complexity index is 917. The summed E-state index contributed by atoms with van der Waals surface area (Å²) >= 11 is 0. The van der Waals surface area contributed by atoms with Crippen molar-refractivity contribution in [3.8, 4) is 11.5 Å². The third-order valence-corrected chi connectivity index (χ3v) is 5.94. The van der Waals surface area contributed by atoms with Gasteiger partial charge >= 0.3 is 5.97 Å². The van der Waals surface area contributed by atoms with E-state index >= 15 is 0 Å². The monoisotopic (exact) mass is 439 g/mol. The van der Waals surface area contributed by atoms with Gasteiger partial charge in [0.2, 0.25) is 0 Å². The number of ether oxygens (including phenoxy) is 3.